The number of nitrogens with one attached hydrogen (secondary N) is 1. The molecule has 1 aliphatic rings. The summed E-state index contributed by atoms with van der Waals surface area (Å²) in [5.41, 5.74) is 0.786. The molecule has 0 amide bonds. The van der Waals surface area contributed by atoms with Crippen LogP contribution in [0, 0.1) is 0 Å². The van der Waals surface area contributed by atoms with Crippen LogP contribution in [0.25, 0.3) is 0 Å². The minimum atomic E-state index is -0.147. The zero-order valence-corrected chi connectivity index (χ0v) is 8.97. The minimum absolute atomic E-state index is 0.147. The number of oxime groups is 1. The van der Waals surface area contributed by atoms with E-state index in [4.69, 9.17) is 4.84 Å². The van der Waals surface area contributed by atoms with Crippen LogP contribution >= 0.6 is 11.8 Å². The Morgan fingerprint density at radius 3 is 3.07 bits per heavy atom. The summed E-state index contributed by atoms with van der Waals surface area (Å²) in [7, 11) is 0. The normalized spacial score (nSPS) is 19.1. The molecule has 0 saturated carbocycles. The van der Waals surface area contributed by atoms with Crippen molar-refractivity contribution in [3.05, 3.63) is 11.9 Å². The van der Waals surface area contributed by atoms with Gasteiger partial charge in [-0.1, -0.05) is 5.16 Å². The zero-order chi connectivity index (χ0) is 10.0. The molecule has 1 aromatic rings. The highest BCUT2D eigenvalue weighted by molar-refractivity contribution is 8.13. The molecule has 2 heterocycles. The minimum Gasteiger partial charge on any atom is -0.389 e. The molecule has 0 aliphatic carbocycles. The van der Waals surface area contributed by atoms with Gasteiger partial charge in [-0.2, -0.15) is 15.4 Å². The molecule has 2 rings (SSSR count). The Morgan fingerprint density at radius 2 is 2.50 bits per heavy atom. The van der Waals surface area contributed by atoms with Crippen molar-refractivity contribution in [2.75, 3.05) is 0 Å². The number of H-pyrrole nitrogens is 1. The Kier molecular flexibility index (Phi) is 2.45. The van der Waals surface area contributed by atoms with E-state index >= 15 is 0 Å². The topological polar surface area (TPSA) is 63.2 Å². The fourth-order valence-electron chi connectivity index (χ4n) is 1.13. The standard InChI is InChI=1S/C8H12N4OS/c1-8(2)3-7(11-13-8)14-5-6-4-9-12-10-6/h4H,3,5H2,1-2H3,(H,9,10,12). The van der Waals surface area contributed by atoms with Gasteiger partial charge in [0.15, 0.2) is 0 Å². The molecule has 0 atom stereocenters. The molecule has 76 valence electrons. The molecular weight excluding hydrogens is 200 g/mol. The fraction of sp³-hybridized carbons (Fsp3) is 0.625. The Labute approximate surface area is 86.3 Å². The van der Waals surface area contributed by atoms with Gasteiger partial charge in [0.05, 0.1) is 11.9 Å². The predicted molar refractivity (Wildman–Crippen MR) is 54.9 cm³/mol. The van der Waals surface area contributed by atoms with Gasteiger partial charge in [0.25, 0.3) is 0 Å². The van der Waals surface area contributed by atoms with Gasteiger partial charge in [0.2, 0.25) is 0 Å². The number of rotatable bonds is 2. The second-order valence-corrected chi connectivity index (χ2v) is 4.81. The summed E-state index contributed by atoms with van der Waals surface area (Å²) in [5.74, 6) is 0.786. The average Bonchev–Trinajstić information content (AvgIpc) is 2.70. The molecule has 1 aliphatic heterocycles. The molecular formula is C8H12N4OS. The third kappa shape index (κ3) is 2.25. The van der Waals surface area contributed by atoms with E-state index in [2.05, 4.69) is 20.6 Å². The lowest BCUT2D eigenvalue weighted by atomic mass is 10.1. The summed E-state index contributed by atoms with van der Waals surface area (Å²) in [5, 5.41) is 15.3. The summed E-state index contributed by atoms with van der Waals surface area (Å²) >= 11 is 1.65. The van der Waals surface area contributed by atoms with E-state index in [0.717, 1.165) is 22.9 Å². The maximum atomic E-state index is 5.25. The maximum absolute atomic E-state index is 5.25. The van der Waals surface area contributed by atoms with E-state index < -0.39 is 0 Å². The number of nitrogens with zero attached hydrogens (tertiary/aromatic N) is 3. The first-order chi connectivity index (χ1) is 6.66. The molecule has 0 radical (unpaired) electrons. The van der Waals surface area contributed by atoms with Crippen LogP contribution in [0.5, 0.6) is 0 Å². The molecule has 14 heavy (non-hydrogen) atoms. The highest BCUT2D eigenvalue weighted by atomic mass is 32.2. The van der Waals surface area contributed by atoms with Crippen LogP contribution in [0.1, 0.15) is 26.0 Å². The first-order valence-electron chi connectivity index (χ1n) is 4.38. The predicted octanol–water partition coefficient (Wildman–Crippen LogP) is 1.55. The third-order valence-corrected chi connectivity index (χ3v) is 2.82. The van der Waals surface area contributed by atoms with E-state index in [9.17, 15) is 0 Å². The van der Waals surface area contributed by atoms with E-state index in [1.54, 1.807) is 18.0 Å². The Morgan fingerprint density at radius 1 is 1.64 bits per heavy atom. The van der Waals surface area contributed by atoms with Gasteiger partial charge in [-0.25, -0.2) is 0 Å². The summed E-state index contributed by atoms with van der Waals surface area (Å²) in [6, 6.07) is 0. The van der Waals surface area contributed by atoms with Crippen molar-refractivity contribution < 1.29 is 4.84 Å². The lowest BCUT2D eigenvalue weighted by molar-refractivity contribution is 0.0123. The first-order valence-corrected chi connectivity index (χ1v) is 5.37. The van der Waals surface area contributed by atoms with Crippen molar-refractivity contribution in [1.29, 1.82) is 0 Å². The molecule has 0 spiro atoms. The van der Waals surface area contributed by atoms with Crippen LogP contribution in [0.3, 0.4) is 0 Å². The molecule has 0 aromatic carbocycles. The second kappa shape index (κ2) is 3.61. The second-order valence-electron chi connectivity index (χ2n) is 3.76. The molecule has 5 nitrogen and oxygen atoms in total. The van der Waals surface area contributed by atoms with E-state index in [1.807, 2.05) is 13.8 Å². The first kappa shape index (κ1) is 9.51. The quantitative estimate of drug-likeness (QED) is 0.807. The SMILES string of the molecule is CC1(C)CC(SCc2cn[nH]n2)=NO1. The molecule has 1 aromatic heterocycles. The summed E-state index contributed by atoms with van der Waals surface area (Å²) in [6.07, 6.45) is 2.59. The summed E-state index contributed by atoms with van der Waals surface area (Å²) < 4.78 is 0. The van der Waals surface area contributed by atoms with Crippen molar-refractivity contribution in [3.63, 3.8) is 0 Å². The maximum Gasteiger partial charge on any atom is 0.138 e. The fourth-order valence-corrected chi connectivity index (χ4v) is 2.13. The van der Waals surface area contributed by atoms with Crippen LogP contribution in [0.2, 0.25) is 0 Å². The molecule has 0 unspecified atom stereocenters. The largest absolute Gasteiger partial charge is 0.389 e. The van der Waals surface area contributed by atoms with Gasteiger partial charge in [0.1, 0.15) is 10.6 Å². The third-order valence-electron chi connectivity index (χ3n) is 1.82. The molecule has 0 bridgehead atoms. The Bertz CT molecular complexity index is 333. The van der Waals surface area contributed by atoms with Crippen LogP contribution in [0.15, 0.2) is 11.4 Å². The van der Waals surface area contributed by atoms with Crippen LogP contribution < -0.4 is 0 Å². The van der Waals surface area contributed by atoms with E-state index in [1.165, 1.54) is 0 Å². The number of hydrogen-bond acceptors (Lipinski definition) is 5. The number of thioether (sulfide) groups is 1. The lowest BCUT2D eigenvalue weighted by Crippen LogP contribution is -2.18. The Hall–Kier alpha value is -1.04. The van der Waals surface area contributed by atoms with E-state index in [0.29, 0.717) is 0 Å². The monoisotopic (exact) mass is 212 g/mol. The average molecular weight is 212 g/mol. The number of aromatic amines is 1. The zero-order valence-electron chi connectivity index (χ0n) is 8.15. The van der Waals surface area contributed by atoms with Gasteiger partial charge >= 0.3 is 0 Å². The summed E-state index contributed by atoms with van der Waals surface area (Å²) in [6.45, 7) is 4.06. The van der Waals surface area contributed by atoms with Gasteiger partial charge in [-0.15, -0.1) is 11.8 Å². The lowest BCUT2D eigenvalue weighted by Gasteiger charge is -2.12. The van der Waals surface area contributed by atoms with E-state index in [-0.39, 0.29) is 5.60 Å². The highest BCUT2D eigenvalue weighted by Crippen LogP contribution is 2.28. The molecule has 0 fully saturated rings. The molecule has 0 saturated heterocycles. The van der Waals surface area contributed by atoms with Gasteiger partial charge in [0, 0.05) is 12.2 Å². The van der Waals surface area contributed by atoms with Crippen molar-refractivity contribution in [2.24, 2.45) is 5.16 Å². The smallest absolute Gasteiger partial charge is 0.138 e. The van der Waals surface area contributed by atoms with Crippen LogP contribution in [-0.2, 0) is 10.6 Å². The van der Waals surface area contributed by atoms with Crippen molar-refractivity contribution in [3.8, 4) is 0 Å². The van der Waals surface area contributed by atoms with Crippen LogP contribution in [-0.4, -0.2) is 26.1 Å². The van der Waals surface area contributed by atoms with Crippen LogP contribution in [0.4, 0.5) is 0 Å². The van der Waals surface area contributed by atoms with Gasteiger partial charge in [-0.05, 0) is 13.8 Å². The number of aromatic nitrogens is 3. The summed E-state index contributed by atoms with van der Waals surface area (Å²) in [4.78, 5) is 5.25. The highest BCUT2D eigenvalue weighted by Gasteiger charge is 2.28. The number of hydrogen-bond donors (Lipinski definition) is 1. The van der Waals surface area contributed by atoms with Crippen molar-refractivity contribution in [2.45, 2.75) is 31.6 Å². The van der Waals surface area contributed by atoms with Gasteiger partial charge in [-0.3, -0.25) is 0 Å². The van der Waals surface area contributed by atoms with Crippen molar-refractivity contribution >= 4 is 16.8 Å². The molecule has 1 N–H and O–H groups in total. The Balaban J connectivity index is 1.83. The van der Waals surface area contributed by atoms with Gasteiger partial charge < -0.3 is 4.84 Å². The molecule has 6 heteroatoms. The van der Waals surface area contributed by atoms with Crippen molar-refractivity contribution in [1.82, 2.24) is 15.4 Å².